The number of likely N-dealkylation sites (N-methyl/N-ethyl adjacent to an activating group) is 1. The van der Waals surface area contributed by atoms with Crippen LogP contribution in [0.15, 0.2) is 52.8 Å². The molecule has 0 unspecified atom stereocenters. The Balaban J connectivity index is 2.18. The maximum Gasteiger partial charge on any atom is 0.416 e. The number of oxime groups is 2. The number of nitrogens with one attached hydrogen (secondary N) is 1. The molecule has 0 aromatic heterocycles. The summed E-state index contributed by atoms with van der Waals surface area (Å²) in [4.78, 5) is 22.2. The SMILES string of the molecule is CNC(=O)/C(=N\OC)c1cc(CO/N=C(/C)c2cccc(C(F)(F)F)c2)ccc1C. The van der Waals surface area contributed by atoms with Crippen molar-refractivity contribution in [1.82, 2.24) is 5.32 Å². The van der Waals surface area contributed by atoms with E-state index in [2.05, 4.69) is 15.6 Å². The second kappa shape index (κ2) is 9.91. The Kier molecular flexibility index (Phi) is 7.57. The molecule has 2 aromatic carbocycles. The molecule has 0 atom stereocenters. The molecule has 0 fully saturated rings. The normalized spacial score (nSPS) is 12.5. The fraction of sp³-hybridized carbons (Fsp3) is 0.286. The van der Waals surface area contributed by atoms with E-state index in [1.54, 1.807) is 25.1 Å². The molecule has 2 rings (SSSR count). The third-order valence-electron chi connectivity index (χ3n) is 4.22. The monoisotopic (exact) mass is 421 g/mol. The van der Waals surface area contributed by atoms with Crippen molar-refractivity contribution in [2.45, 2.75) is 26.6 Å². The summed E-state index contributed by atoms with van der Waals surface area (Å²) in [6.07, 6.45) is -4.43. The molecule has 160 valence electrons. The van der Waals surface area contributed by atoms with Crippen LogP contribution < -0.4 is 5.32 Å². The lowest BCUT2D eigenvalue weighted by molar-refractivity contribution is -0.137. The first-order valence-corrected chi connectivity index (χ1v) is 8.94. The van der Waals surface area contributed by atoms with Gasteiger partial charge >= 0.3 is 6.18 Å². The molecule has 1 amide bonds. The Morgan fingerprint density at radius 2 is 1.87 bits per heavy atom. The molecule has 0 radical (unpaired) electrons. The third-order valence-corrected chi connectivity index (χ3v) is 4.22. The molecule has 0 aliphatic rings. The van der Waals surface area contributed by atoms with Crippen LogP contribution in [0.4, 0.5) is 13.2 Å². The standard InChI is InChI=1S/C21H22F3N3O3/c1-13-8-9-15(10-18(13)19(27-29-4)20(28)25-3)12-30-26-14(2)16-6-5-7-17(11-16)21(22,23)24/h5-11H,12H2,1-4H3,(H,25,28)/b26-14-,27-19-. The largest absolute Gasteiger partial charge is 0.416 e. The number of benzene rings is 2. The van der Waals surface area contributed by atoms with E-state index in [9.17, 15) is 18.0 Å². The first kappa shape index (κ1) is 22.9. The van der Waals surface area contributed by atoms with E-state index >= 15 is 0 Å². The van der Waals surface area contributed by atoms with Crippen LogP contribution in [0.1, 0.15) is 34.7 Å². The summed E-state index contributed by atoms with van der Waals surface area (Å²) in [5.74, 6) is -0.406. The second-order valence-corrected chi connectivity index (χ2v) is 6.38. The van der Waals surface area contributed by atoms with Crippen LogP contribution in [0.3, 0.4) is 0 Å². The lowest BCUT2D eigenvalue weighted by atomic mass is 10.0. The maximum atomic E-state index is 12.9. The number of alkyl halides is 3. The number of carbonyl (C=O) groups is 1. The highest BCUT2D eigenvalue weighted by Gasteiger charge is 2.30. The van der Waals surface area contributed by atoms with Crippen LogP contribution in [0.25, 0.3) is 0 Å². The summed E-state index contributed by atoms with van der Waals surface area (Å²) in [7, 11) is 2.83. The van der Waals surface area contributed by atoms with Gasteiger partial charge in [0.2, 0.25) is 0 Å². The van der Waals surface area contributed by atoms with Gasteiger partial charge in [0.15, 0.2) is 5.71 Å². The van der Waals surface area contributed by atoms with Crippen molar-refractivity contribution in [3.8, 4) is 0 Å². The van der Waals surface area contributed by atoms with Gasteiger partial charge in [-0.3, -0.25) is 4.79 Å². The smallest absolute Gasteiger partial charge is 0.398 e. The predicted molar refractivity (Wildman–Crippen MR) is 107 cm³/mol. The van der Waals surface area contributed by atoms with Crippen LogP contribution in [-0.2, 0) is 27.3 Å². The van der Waals surface area contributed by atoms with Gasteiger partial charge in [-0.25, -0.2) is 0 Å². The first-order valence-electron chi connectivity index (χ1n) is 8.94. The highest BCUT2D eigenvalue weighted by atomic mass is 19.4. The molecule has 1 N–H and O–H groups in total. The lowest BCUT2D eigenvalue weighted by Crippen LogP contribution is -2.29. The van der Waals surface area contributed by atoms with Gasteiger partial charge in [-0.2, -0.15) is 13.2 Å². The van der Waals surface area contributed by atoms with Gasteiger partial charge in [-0.05, 0) is 48.7 Å². The van der Waals surface area contributed by atoms with E-state index in [1.165, 1.54) is 26.3 Å². The average Bonchev–Trinajstić information content (AvgIpc) is 2.72. The number of hydrogen-bond donors (Lipinski definition) is 1. The quantitative estimate of drug-likeness (QED) is 0.542. The van der Waals surface area contributed by atoms with Gasteiger partial charge in [0.25, 0.3) is 5.91 Å². The van der Waals surface area contributed by atoms with Crippen molar-refractivity contribution in [2.24, 2.45) is 10.3 Å². The molecule has 0 heterocycles. The van der Waals surface area contributed by atoms with Crippen LogP contribution in [0.2, 0.25) is 0 Å². The minimum atomic E-state index is -4.43. The van der Waals surface area contributed by atoms with E-state index in [1.807, 2.05) is 6.92 Å². The molecule has 9 heteroatoms. The molecule has 6 nitrogen and oxygen atoms in total. The van der Waals surface area contributed by atoms with Crippen molar-refractivity contribution in [3.63, 3.8) is 0 Å². The third kappa shape index (κ3) is 5.82. The molecule has 0 saturated carbocycles. The van der Waals surface area contributed by atoms with Gasteiger partial charge in [0, 0.05) is 12.6 Å². The van der Waals surface area contributed by atoms with E-state index < -0.39 is 17.6 Å². The summed E-state index contributed by atoms with van der Waals surface area (Å²) >= 11 is 0. The van der Waals surface area contributed by atoms with Crippen molar-refractivity contribution < 1.29 is 27.6 Å². The zero-order valence-electron chi connectivity index (χ0n) is 17.0. The summed E-state index contributed by atoms with van der Waals surface area (Å²) in [5.41, 5.74) is 2.05. The molecule has 30 heavy (non-hydrogen) atoms. The van der Waals surface area contributed by atoms with Crippen molar-refractivity contribution in [1.29, 1.82) is 0 Å². The van der Waals surface area contributed by atoms with Crippen molar-refractivity contribution in [3.05, 3.63) is 70.3 Å². The number of nitrogens with zero attached hydrogens (tertiary/aromatic N) is 2. The molecule has 0 aliphatic heterocycles. The van der Waals surface area contributed by atoms with E-state index in [0.717, 1.165) is 17.7 Å². The van der Waals surface area contributed by atoms with Crippen LogP contribution >= 0.6 is 0 Å². The van der Waals surface area contributed by atoms with Gasteiger partial charge in [0.1, 0.15) is 13.7 Å². The molecule has 2 aromatic rings. The fourth-order valence-corrected chi connectivity index (χ4v) is 2.61. The summed E-state index contributed by atoms with van der Waals surface area (Å²) in [5, 5.41) is 10.2. The zero-order valence-corrected chi connectivity index (χ0v) is 17.0. The topological polar surface area (TPSA) is 72.3 Å². The second-order valence-electron chi connectivity index (χ2n) is 6.38. The Bertz CT molecular complexity index is 969. The molecular weight excluding hydrogens is 399 g/mol. The van der Waals surface area contributed by atoms with Gasteiger partial charge < -0.3 is 15.0 Å². The lowest BCUT2D eigenvalue weighted by Gasteiger charge is -2.10. The van der Waals surface area contributed by atoms with Crippen molar-refractivity contribution in [2.75, 3.05) is 14.2 Å². The van der Waals surface area contributed by atoms with Crippen LogP contribution in [-0.4, -0.2) is 31.5 Å². The molecular formula is C21H22F3N3O3. The first-order chi connectivity index (χ1) is 14.2. The van der Waals surface area contributed by atoms with Gasteiger partial charge in [-0.15, -0.1) is 0 Å². The summed E-state index contributed by atoms with van der Waals surface area (Å²) < 4.78 is 38.6. The number of halogens is 3. The summed E-state index contributed by atoms with van der Waals surface area (Å²) in [6, 6.07) is 10.2. The van der Waals surface area contributed by atoms with E-state index in [4.69, 9.17) is 9.68 Å². The Hall–Kier alpha value is -3.36. The Morgan fingerprint density at radius 1 is 1.13 bits per heavy atom. The maximum absolute atomic E-state index is 12.9. The summed E-state index contributed by atoms with van der Waals surface area (Å²) in [6.45, 7) is 3.44. The Morgan fingerprint density at radius 3 is 2.50 bits per heavy atom. The minimum absolute atomic E-state index is 0.0532. The van der Waals surface area contributed by atoms with E-state index in [0.29, 0.717) is 22.4 Å². The fourth-order valence-electron chi connectivity index (χ4n) is 2.61. The van der Waals surface area contributed by atoms with Crippen LogP contribution in [0.5, 0.6) is 0 Å². The average molecular weight is 421 g/mol. The zero-order chi connectivity index (χ0) is 22.3. The number of amides is 1. The number of hydrogen-bond acceptors (Lipinski definition) is 5. The van der Waals surface area contributed by atoms with E-state index in [-0.39, 0.29) is 12.3 Å². The number of rotatable bonds is 7. The highest BCUT2D eigenvalue weighted by Crippen LogP contribution is 2.29. The number of aryl methyl sites for hydroxylation is 1. The van der Waals surface area contributed by atoms with Gasteiger partial charge in [0.05, 0.1) is 11.3 Å². The van der Waals surface area contributed by atoms with Crippen molar-refractivity contribution >= 4 is 17.3 Å². The minimum Gasteiger partial charge on any atom is -0.398 e. The molecule has 0 aliphatic carbocycles. The molecule has 0 spiro atoms. The Labute approximate surface area is 172 Å². The predicted octanol–water partition coefficient (Wildman–Crippen LogP) is 4.05. The van der Waals surface area contributed by atoms with Crippen LogP contribution in [0, 0.1) is 6.92 Å². The number of carbonyl (C=O) groups excluding carboxylic acids is 1. The van der Waals surface area contributed by atoms with Gasteiger partial charge in [-0.1, -0.05) is 34.6 Å². The molecule has 0 bridgehead atoms. The molecule has 0 saturated heterocycles. The highest BCUT2D eigenvalue weighted by molar-refractivity contribution is 6.45.